The Bertz CT molecular complexity index is 509. The van der Waals surface area contributed by atoms with Crippen molar-refractivity contribution in [2.75, 3.05) is 0 Å². The smallest absolute Gasteiger partial charge is 0.406 e. The number of halogens is 3. The van der Waals surface area contributed by atoms with E-state index in [4.69, 9.17) is 5.73 Å². The molecule has 1 aromatic carbocycles. The fraction of sp³-hybridized carbons (Fsp3) is 0.273. The van der Waals surface area contributed by atoms with Crippen molar-refractivity contribution < 1.29 is 17.9 Å². The molecule has 96 valence electrons. The van der Waals surface area contributed by atoms with Crippen LogP contribution < -0.4 is 10.5 Å². The number of benzene rings is 1. The third kappa shape index (κ3) is 3.22. The van der Waals surface area contributed by atoms with Crippen molar-refractivity contribution in [1.29, 1.82) is 0 Å². The van der Waals surface area contributed by atoms with Crippen LogP contribution in [0.1, 0.15) is 18.4 Å². The van der Waals surface area contributed by atoms with E-state index < -0.39 is 6.36 Å². The molecule has 1 aliphatic heterocycles. The summed E-state index contributed by atoms with van der Waals surface area (Å²) in [6.07, 6.45) is -3.61. The summed E-state index contributed by atoms with van der Waals surface area (Å²) >= 11 is 0. The molecule has 7 heteroatoms. The molecule has 0 bridgehead atoms. The van der Waals surface area contributed by atoms with E-state index in [0.29, 0.717) is 30.0 Å². The van der Waals surface area contributed by atoms with Gasteiger partial charge < -0.3 is 10.5 Å². The molecule has 0 atom stereocenters. The largest absolute Gasteiger partial charge is 0.573 e. The highest BCUT2D eigenvalue weighted by Crippen LogP contribution is 2.24. The number of rotatable bonds is 2. The minimum absolute atomic E-state index is 0.273. The van der Waals surface area contributed by atoms with E-state index >= 15 is 0 Å². The Hall–Kier alpha value is -2.05. The molecule has 1 heterocycles. The molecule has 0 saturated carbocycles. The van der Waals surface area contributed by atoms with Gasteiger partial charge in [0.25, 0.3) is 0 Å². The predicted octanol–water partition coefficient (Wildman–Crippen LogP) is 2.44. The summed E-state index contributed by atoms with van der Waals surface area (Å²) in [5, 5.41) is 7.57. The molecular formula is C11H10F3N3O. The normalized spacial score (nSPS) is 15.9. The second-order valence-electron chi connectivity index (χ2n) is 3.71. The molecule has 2 N–H and O–H groups in total. The molecule has 0 radical (unpaired) electrons. The van der Waals surface area contributed by atoms with Gasteiger partial charge in [-0.15, -0.1) is 18.3 Å². The van der Waals surface area contributed by atoms with Gasteiger partial charge >= 0.3 is 6.36 Å². The van der Waals surface area contributed by atoms with Crippen molar-refractivity contribution in [3.8, 4) is 5.75 Å². The highest BCUT2D eigenvalue weighted by atomic mass is 19.4. The van der Waals surface area contributed by atoms with Crippen molar-refractivity contribution >= 4 is 11.5 Å². The van der Waals surface area contributed by atoms with E-state index in [1.165, 1.54) is 18.2 Å². The number of nitrogens with two attached hydrogens (primary N) is 1. The molecule has 0 aliphatic carbocycles. The lowest BCUT2D eigenvalue weighted by molar-refractivity contribution is -0.274. The highest BCUT2D eigenvalue weighted by molar-refractivity contribution is 6.04. The predicted molar refractivity (Wildman–Crippen MR) is 60.5 cm³/mol. The number of hydrogen-bond acceptors (Lipinski definition) is 4. The van der Waals surface area contributed by atoms with Gasteiger partial charge in [-0.1, -0.05) is 12.1 Å². The van der Waals surface area contributed by atoms with Crippen LogP contribution in [-0.4, -0.2) is 17.9 Å². The summed E-state index contributed by atoms with van der Waals surface area (Å²) in [5.74, 6) is 0.145. The maximum Gasteiger partial charge on any atom is 0.573 e. The van der Waals surface area contributed by atoms with Crippen molar-refractivity contribution in [3.05, 3.63) is 29.8 Å². The second-order valence-corrected chi connectivity index (χ2v) is 3.71. The van der Waals surface area contributed by atoms with E-state index in [0.717, 1.165) is 0 Å². The molecule has 1 aromatic rings. The Morgan fingerprint density at radius 3 is 2.56 bits per heavy atom. The highest BCUT2D eigenvalue weighted by Gasteiger charge is 2.31. The molecule has 0 amide bonds. The van der Waals surface area contributed by atoms with Crippen molar-refractivity contribution in [2.45, 2.75) is 19.2 Å². The van der Waals surface area contributed by atoms with E-state index in [1.54, 1.807) is 6.07 Å². The number of hydrogen-bond donors (Lipinski definition) is 1. The average molecular weight is 257 g/mol. The zero-order chi connectivity index (χ0) is 13.2. The molecule has 0 fully saturated rings. The van der Waals surface area contributed by atoms with Gasteiger partial charge in [0.2, 0.25) is 0 Å². The van der Waals surface area contributed by atoms with Gasteiger partial charge in [0.1, 0.15) is 11.6 Å². The third-order valence-corrected chi connectivity index (χ3v) is 2.32. The molecule has 18 heavy (non-hydrogen) atoms. The Morgan fingerprint density at radius 2 is 1.94 bits per heavy atom. The Kier molecular flexibility index (Phi) is 3.22. The number of amidine groups is 1. The first-order chi connectivity index (χ1) is 8.44. The van der Waals surface area contributed by atoms with Gasteiger partial charge in [0.05, 0.1) is 5.71 Å². The minimum Gasteiger partial charge on any atom is -0.406 e. The average Bonchev–Trinajstić information content (AvgIpc) is 2.28. The van der Waals surface area contributed by atoms with Crippen LogP contribution >= 0.6 is 0 Å². The fourth-order valence-corrected chi connectivity index (χ4v) is 1.55. The number of nitrogens with zero attached hydrogens (tertiary/aromatic N) is 2. The molecule has 4 nitrogen and oxygen atoms in total. The molecule has 1 aliphatic rings. The zero-order valence-electron chi connectivity index (χ0n) is 9.24. The Labute approximate surface area is 101 Å². The quantitative estimate of drug-likeness (QED) is 0.884. The van der Waals surface area contributed by atoms with Crippen LogP contribution in [0.25, 0.3) is 0 Å². The van der Waals surface area contributed by atoms with Gasteiger partial charge in [0, 0.05) is 12.0 Å². The first-order valence-corrected chi connectivity index (χ1v) is 5.19. The molecular weight excluding hydrogens is 247 g/mol. The lowest BCUT2D eigenvalue weighted by Gasteiger charge is -2.12. The topological polar surface area (TPSA) is 60.0 Å². The molecule has 0 unspecified atom stereocenters. The maximum atomic E-state index is 12.1. The standard InChI is InChI=1S/C11H10F3N3O/c12-11(13,14)18-8-3-1-2-7(6-8)9-4-5-10(15)17-16-9/h1-3,6H,4-5H2,(H2,15,17). The van der Waals surface area contributed by atoms with Gasteiger partial charge in [0.15, 0.2) is 0 Å². The summed E-state index contributed by atoms with van der Waals surface area (Å²) in [5.41, 5.74) is 6.60. The first kappa shape index (κ1) is 12.4. The third-order valence-electron chi connectivity index (χ3n) is 2.32. The van der Waals surface area contributed by atoms with E-state index in [2.05, 4.69) is 14.9 Å². The Morgan fingerprint density at radius 1 is 1.17 bits per heavy atom. The summed E-state index contributed by atoms with van der Waals surface area (Å²) in [4.78, 5) is 0. The van der Waals surface area contributed by atoms with Crippen LogP contribution in [0.3, 0.4) is 0 Å². The van der Waals surface area contributed by atoms with Crippen LogP contribution in [0.5, 0.6) is 5.75 Å². The summed E-state index contributed by atoms with van der Waals surface area (Å²) in [6.45, 7) is 0. The van der Waals surface area contributed by atoms with Gasteiger partial charge in [-0.05, 0) is 18.6 Å². The lowest BCUT2D eigenvalue weighted by atomic mass is 10.0. The maximum absolute atomic E-state index is 12.1. The molecule has 0 aromatic heterocycles. The number of alkyl halides is 3. The lowest BCUT2D eigenvalue weighted by Crippen LogP contribution is -2.19. The molecule has 2 rings (SSSR count). The molecule has 0 spiro atoms. The van der Waals surface area contributed by atoms with E-state index in [1.807, 2.05) is 0 Å². The van der Waals surface area contributed by atoms with Crippen molar-refractivity contribution in [3.63, 3.8) is 0 Å². The number of ether oxygens (including phenoxy) is 1. The van der Waals surface area contributed by atoms with Gasteiger partial charge in [-0.3, -0.25) is 0 Å². The monoisotopic (exact) mass is 257 g/mol. The fourth-order valence-electron chi connectivity index (χ4n) is 1.55. The van der Waals surface area contributed by atoms with Crippen LogP contribution in [0.2, 0.25) is 0 Å². The zero-order valence-corrected chi connectivity index (χ0v) is 9.24. The summed E-state index contributed by atoms with van der Waals surface area (Å²) in [6, 6.07) is 5.64. The van der Waals surface area contributed by atoms with Crippen LogP contribution in [0.4, 0.5) is 13.2 Å². The van der Waals surface area contributed by atoms with Gasteiger partial charge in [-0.2, -0.15) is 5.10 Å². The summed E-state index contributed by atoms with van der Waals surface area (Å²) in [7, 11) is 0. The first-order valence-electron chi connectivity index (χ1n) is 5.19. The molecule has 0 saturated heterocycles. The SMILES string of the molecule is NC1=NN=C(c2cccc(OC(F)(F)F)c2)CC1. The van der Waals surface area contributed by atoms with Crippen molar-refractivity contribution in [1.82, 2.24) is 0 Å². The second kappa shape index (κ2) is 4.67. The van der Waals surface area contributed by atoms with Gasteiger partial charge in [-0.25, -0.2) is 0 Å². The van der Waals surface area contributed by atoms with E-state index in [-0.39, 0.29) is 5.75 Å². The Balaban J connectivity index is 2.23. The van der Waals surface area contributed by atoms with Crippen LogP contribution in [0, 0.1) is 0 Å². The van der Waals surface area contributed by atoms with Crippen LogP contribution in [-0.2, 0) is 0 Å². The summed E-state index contributed by atoms with van der Waals surface area (Å²) < 4.78 is 40.1. The van der Waals surface area contributed by atoms with Crippen molar-refractivity contribution in [2.24, 2.45) is 15.9 Å². The minimum atomic E-state index is -4.70. The van der Waals surface area contributed by atoms with E-state index in [9.17, 15) is 13.2 Å². The van der Waals surface area contributed by atoms with Crippen LogP contribution in [0.15, 0.2) is 34.5 Å².